The molecule has 12 heavy (non-hydrogen) atoms. The van der Waals surface area contributed by atoms with Crippen LogP contribution >= 0.6 is 0 Å². The monoisotopic (exact) mass is 200 g/mol. The van der Waals surface area contributed by atoms with Gasteiger partial charge in [-0.25, -0.2) is 0 Å². The van der Waals surface area contributed by atoms with Crippen molar-refractivity contribution in [2.45, 2.75) is 6.16 Å². The van der Waals surface area contributed by atoms with Crippen molar-refractivity contribution in [1.29, 1.82) is 0 Å². The lowest BCUT2D eigenvalue weighted by Gasteiger charge is -2.29. The van der Waals surface area contributed by atoms with E-state index in [0.717, 1.165) is 21.3 Å². The third-order valence-electron chi connectivity index (χ3n) is 1.01. The summed E-state index contributed by atoms with van der Waals surface area (Å²) in [6, 6.07) is 0. The van der Waals surface area contributed by atoms with Gasteiger partial charge in [-0.1, -0.05) is 0 Å². The van der Waals surface area contributed by atoms with Crippen molar-refractivity contribution in [2.24, 2.45) is 0 Å². The smallest absolute Gasteiger partial charge is 0.367 e. The lowest BCUT2D eigenvalue weighted by molar-refractivity contribution is -0.463. The van der Waals surface area contributed by atoms with Gasteiger partial charge < -0.3 is 28.6 Å². The third-order valence-corrected chi connectivity index (χ3v) is 1.54. The Morgan fingerprint density at radius 3 is 1.33 bits per heavy atom. The van der Waals surface area contributed by atoms with Gasteiger partial charge in [-0.15, -0.1) is 0 Å². The Morgan fingerprint density at radius 2 is 1.25 bits per heavy atom. The van der Waals surface area contributed by atoms with Gasteiger partial charge in [0.15, 0.2) is 0 Å². The van der Waals surface area contributed by atoms with E-state index in [1.165, 1.54) is 0 Å². The third kappa shape index (κ3) is 3.56. The molecular formula is C4H12O7Si. The first-order valence-corrected chi connectivity index (χ1v) is 4.67. The van der Waals surface area contributed by atoms with E-state index < -0.39 is 15.2 Å². The summed E-state index contributed by atoms with van der Waals surface area (Å²) < 4.78 is 17.7. The highest BCUT2D eigenvalue weighted by Gasteiger charge is 2.46. The Morgan fingerprint density at radius 1 is 0.917 bits per heavy atom. The van der Waals surface area contributed by atoms with Crippen LogP contribution in [0.1, 0.15) is 0 Å². The molecule has 0 heterocycles. The molecule has 0 atom stereocenters. The van der Waals surface area contributed by atoms with E-state index in [9.17, 15) is 0 Å². The maximum Gasteiger partial charge on any atom is 0.677 e. The summed E-state index contributed by atoms with van der Waals surface area (Å²) in [5, 5.41) is 0. The maximum absolute atomic E-state index is 8.53. The van der Waals surface area contributed by atoms with Crippen molar-refractivity contribution in [1.82, 2.24) is 0 Å². The van der Waals surface area contributed by atoms with Crippen molar-refractivity contribution < 1.29 is 33.0 Å². The van der Waals surface area contributed by atoms with E-state index in [2.05, 4.69) is 18.6 Å². The largest absolute Gasteiger partial charge is 0.677 e. The number of methoxy groups -OCH3 is 3. The highest BCUT2D eigenvalue weighted by molar-refractivity contribution is 6.48. The molecule has 7 nitrogen and oxygen atoms in total. The summed E-state index contributed by atoms with van der Waals surface area (Å²) in [5.74, 6) is 0. The molecule has 0 saturated heterocycles. The fourth-order valence-corrected chi connectivity index (χ4v) is 1.13. The average molecular weight is 200 g/mol. The van der Waals surface area contributed by atoms with Crippen LogP contribution in [0, 0.1) is 0 Å². The van der Waals surface area contributed by atoms with Crippen LogP contribution in [0.5, 0.6) is 0 Å². The lowest BCUT2D eigenvalue weighted by Crippen LogP contribution is -2.52. The van der Waals surface area contributed by atoms with E-state index in [-0.39, 0.29) is 0 Å². The molecular weight excluding hydrogens is 188 g/mol. The standard InChI is InChI=1S/C4H12O7Si/c1-8-4(9-2,10-3)11-12(5,6)7/h5-7H,1-3H3. The first-order chi connectivity index (χ1) is 5.39. The minimum atomic E-state index is -4.73. The molecule has 0 amide bonds. The van der Waals surface area contributed by atoms with E-state index in [0.29, 0.717) is 0 Å². The van der Waals surface area contributed by atoms with E-state index >= 15 is 0 Å². The average Bonchev–Trinajstić information content (AvgIpc) is 1.99. The van der Waals surface area contributed by atoms with Crippen molar-refractivity contribution in [3.05, 3.63) is 0 Å². The van der Waals surface area contributed by atoms with Gasteiger partial charge in [0.05, 0.1) is 0 Å². The Kier molecular flexibility index (Phi) is 4.23. The van der Waals surface area contributed by atoms with Gasteiger partial charge in [0.2, 0.25) is 0 Å². The summed E-state index contributed by atoms with van der Waals surface area (Å²) in [4.78, 5) is 25.6. The molecule has 0 spiro atoms. The van der Waals surface area contributed by atoms with Crippen LogP contribution in [0.15, 0.2) is 0 Å². The number of hydrogen-bond acceptors (Lipinski definition) is 7. The molecule has 0 unspecified atom stereocenters. The second-order valence-electron chi connectivity index (χ2n) is 1.79. The molecule has 0 aromatic rings. The zero-order chi connectivity index (χ0) is 9.83. The summed E-state index contributed by atoms with van der Waals surface area (Å²) in [7, 11) is -1.29. The number of hydrogen-bond donors (Lipinski definition) is 3. The molecule has 0 aliphatic carbocycles. The molecule has 0 fully saturated rings. The van der Waals surface area contributed by atoms with Crippen LogP contribution in [-0.4, -0.2) is 50.9 Å². The first-order valence-electron chi connectivity index (χ1n) is 2.92. The molecule has 74 valence electrons. The SMILES string of the molecule is COC(OC)(OC)O[Si](O)(O)O. The highest BCUT2D eigenvalue weighted by atomic mass is 28.4. The predicted molar refractivity (Wildman–Crippen MR) is 37.3 cm³/mol. The van der Waals surface area contributed by atoms with Crippen LogP contribution in [0.25, 0.3) is 0 Å². The molecule has 0 bridgehead atoms. The molecule has 0 aliphatic rings. The summed E-state index contributed by atoms with van der Waals surface area (Å²) in [6.07, 6.45) is -2.08. The van der Waals surface area contributed by atoms with Crippen LogP contribution < -0.4 is 0 Å². The Bertz CT molecular complexity index is 120. The second-order valence-corrected chi connectivity index (χ2v) is 3.14. The van der Waals surface area contributed by atoms with Gasteiger partial charge in [-0.3, -0.25) is 4.43 Å². The van der Waals surface area contributed by atoms with E-state index in [1.54, 1.807) is 0 Å². The normalized spacial score (nSPS) is 13.5. The Labute approximate surface area is 70.5 Å². The fourth-order valence-electron chi connectivity index (χ4n) is 0.543. The molecule has 0 aromatic carbocycles. The molecule has 0 radical (unpaired) electrons. The molecule has 3 N–H and O–H groups in total. The second kappa shape index (κ2) is 4.25. The van der Waals surface area contributed by atoms with Crippen LogP contribution in [-0.2, 0) is 18.6 Å². The van der Waals surface area contributed by atoms with Gasteiger partial charge in [-0.05, 0) is 0 Å². The molecule has 0 aromatic heterocycles. The molecule has 8 heteroatoms. The van der Waals surface area contributed by atoms with Crippen molar-refractivity contribution in [2.75, 3.05) is 21.3 Å². The van der Waals surface area contributed by atoms with Gasteiger partial charge in [0.25, 0.3) is 0 Å². The van der Waals surface area contributed by atoms with Crippen LogP contribution in [0.2, 0.25) is 0 Å². The van der Waals surface area contributed by atoms with Crippen LogP contribution in [0.4, 0.5) is 0 Å². The van der Waals surface area contributed by atoms with Gasteiger partial charge >= 0.3 is 15.2 Å². The van der Waals surface area contributed by atoms with Gasteiger partial charge in [-0.2, -0.15) is 0 Å². The minimum absolute atomic E-state index is 1.15. The van der Waals surface area contributed by atoms with Crippen molar-refractivity contribution in [3.8, 4) is 0 Å². The number of ether oxygens (including phenoxy) is 3. The predicted octanol–water partition coefficient (Wildman–Crippen LogP) is -2.03. The molecule has 0 saturated carbocycles. The summed E-state index contributed by atoms with van der Waals surface area (Å²) >= 11 is 0. The molecule has 0 rings (SSSR count). The quantitative estimate of drug-likeness (QED) is 0.347. The van der Waals surface area contributed by atoms with Crippen molar-refractivity contribution in [3.63, 3.8) is 0 Å². The summed E-state index contributed by atoms with van der Waals surface area (Å²) in [6.45, 7) is 0. The Hall–Kier alpha value is -0.0631. The minimum Gasteiger partial charge on any atom is -0.367 e. The fraction of sp³-hybridized carbons (Fsp3) is 1.00. The van der Waals surface area contributed by atoms with Crippen LogP contribution in [0.3, 0.4) is 0 Å². The van der Waals surface area contributed by atoms with Gasteiger partial charge in [0.1, 0.15) is 0 Å². The maximum atomic E-state index is 8.53. The summed E-state index contributed by atoms with van der Waals surface area (Å²) in [5.41, 5.74) is 0. The van der Waals surface area contributed by atoms with Crippen molar-refractivity contribution >= 4 is 9.05 Å². The van der Waals surface area contributed by atoms with E-state index in [1.807, 2.05) is 0 Å². The van der Waals surface area contributed by atoms with E-state index in [4.69, 9.17) is 14.4 Å². The molecule has 0 aliphatic heterocycles. The first kappa shape index (κ1) is 11.9. The Balaban J connectivity index is 4.30. The highest BCUT2D eigenvalue weighted by Crippen LogP contribution is 2.16. The number of rotatable bonds is 5. The lowest BCUT2D eigenvalue weighted by atomic mass is 11.0. The zero-order valence-corrected chi connectivity index (χ0v) is 7.97. The van der Waals surface area contributed by atoms with Gasteiger partial charge in [0, 0.05) is 21.3 Å². The zero-order valence-electron chi connectivity index (χ0n) is 6.97. The topological polar surface area (TPSA) is 97.6 Å².